The Hall–Kier alpha value is -2.17. The average Bonchev–Trinajstić information content (AvgIpc) is 2.90. The summed E-state index contributed by atoms with van der Waals surface area (Å²) in [5, 5.41) is 10.3. The van der Waals surface area contributed by atoms with Gasteiger partial charge in [0.2, 0.25) is 0 Å². The zero-order valence-electron chi connectivity index (χ0n) is 10.8. The number of hydrogen-bond donors (Lipinski definition) is 3. The van der Waals surface area contributed by atoms with Crippen LogP contribution in [0.4, 0.5) is 0 Å². The van der Waals surface area contributed by atoms with Gasteiger partial charge in [0.1, 0.15) is 4.99 Å². The molecule has 1 heterocycles. The van der Waals surface area contributed by atoms with Crippen molar-refractivity contribution >= 4 is 28.1 Å². The molecule has 2 aromatic carbocycles. The summed E-state index contributed by atoms with van der Waals surface area (Å²) in [5.74, 6) is 0. The van der Waals surface area contributed by atoms with E-state index in [4.69, 9.17) is 18.0 Å². The van der Waals surface area contributed by atoms with Crippen molar-refractivity contribution in [2.24, 2.45) is 5.73 Å². The van der Waals surface area contributed by atoms with E-state index in [-0.39, 0.29) is 6.61 Å². The maximum absolute atomic E-state index is 9.25. The van der Waals surface area contributed by atoms with Crippen LogP contribution in [0.15, 0.2) is 48.5 Å². The van der Waals surface area contributed by atoms with Gasteiger partial charge >= 0.3 is 0 Å². The maximum Gasteiger partial charge on any atom is 0.104 e. The third-order valence-corrected chi connectivity index (χ3v) is 3.58. The number of benzene rings is 2. The lowest BCUT2D eigenvalue weighted by atomic mass is 10.00. The molecule has 0 amide bonds. The number of aromatic amines is 1. The van der Waals surface area contributed by atoms with Gasteiger partial charge < -0.3 is 15.8 Å². The fourth-order valence-electron chi connectivity index (χ4n) is 2.39. The zero-order valence-corrected chi connectivity index (χ0v) is 11.6. The summed E-state index contributed by atoms with van der Waals surface area (Å²) in [6, 6.07) is 15.9. The highest BCUT2D eigenvalue weighted by Gasteiger charge is 2.08. The molecule has 3 rings (SSSR count). The normalized spacial score (nSPS) is 10.8. The molecule has 4 heteroatoms. The lowest BCUT2D eigenvalue weighted by Gasteiger charge is -2.06. The molecule has 0 saturated carbocycles. The number of nitrogens with two attached hydrogens (primary N) is 1. The summed E-state index contributed by atoms with van der Waals surface area (Å²) in [4.78, 5) is 3.59. The van der Waals surface area contributed by atoms with Crippen LogP contribution in [0.1, 0.15) is 11.3 Å². The molecular weight excluding hydrogens is 268 g/mol. The molecule has 0 aliphatic heterocycles. The molecule has 0 aliphatic rings. The smallest absolute Gasteiger partial charge is 0.104 e. The molecule has 3 nitrogen and oxygen atoms in total. The minimum Gasteiger partial charge on any atom is -0.390 e. The van der Waals surface area contributed by atoms with E-state index in [0.717, 1.165) is 33.3 Å². The van der Waals surface area contributed by atoms with Crippen LogP contribution in [0.5, 0.6) is 0 Å². The summed E-state index contributed by atoms with van der Waals surface area (Å²) in [7, 11) is 0. The average molecular weight is 282 g/mol. The van der Waals surface area contributed by atoms with Gasteiger partial charge in [-0.15, -0.1) is 0 Å². The van der Waals surface area contributed by atoms with Crippen LogP contribution in [-0.2, 0) is 6.61 Å². The molecule has 0 saturated heterocycles. The van der Waals surface area contributed by atoms with Crippen molar-refractivity contribution in [2.75, 3.05) is 0 Å². The number of aliphatic hydroxyl groups excluding tert-OH is 1. The van der Waals surface area contributed by atoms with Crippen molar-refractivity contribution in [2.45, 2.75) is 6.61 Å². The van der Waals surface area contributed by atoms with Gasteiger partial charge in [0.05, 0.1) is 6.61 Å². The summed E-state index contributed by atoms with van der Waals surface area (Å²) in [5.41, 5.74) is 10.5. The van der Waals surface area contributed by atoms with E-state index < -0.39 is 0 Å². The maximum atomic E-state index is 9.25. The molecule has 0 atom stereocenters. The molecule has 0 radical (unpaired) electrons. The van der Waals surface area contributed by atoms with Crippen molar-refractivity contribution in [3.8, 4) is 11.1 Å². The SMILES string of the molecule is NC(=S)c1cccc(-c2cccc3[nH]c(CO)cc23)c1. The zero-order chi connectivity index (χ0) is 14.1. The van der Waals surface area contributed by atoms with E-state index in [2.05, 4.69) is 11.1 Å². The predicted octanol–water partition coefficient (Wildman–Crippen LogP) is 2.96. The molecule has 0 bridgehead atoms. The second-order valence-electron chi connectivity index (χ2n) is 4.66. The number of fused-ring (bicyclic) bond motifs is 1. The Kier molecular flexibility index (Phi) is 3.26. The Morgan fingerprint density at radius 1 is 1.15 bits per heavy atom. The van der Waals surface area contributed by atoms with Gasteiger partial charge in [-0.1, -0.05) is 42.5 Å². The first-order chi connectivity index (χ1) is 9.69. The fraction of sp³-hybridized carbons (Fsp3) is 0.0625. The number of rotatable bonds is 3. The lowest BCUT2D eigenvalue weighted by Crippen LogP contribution is -2.08. The van der Waals surface area contributed by atoms with Crippen molar-refractivity contribution in [3.05, 3.63) is 59.8 Å². The van der Waals surface area contributed by atoms with Gasteiger partial charge in [0.25, 0.3) is 0 Å². The molecular formula is C16H14N2OS. The molecule has 0 aliphatic carbocycles. The molecule has 0 unspecified atom stereocenters. The largest absolute Gasteiger partial charge is 0.390 e. The van der Waals surface area contributed by atoms with Crippen LogP contribution < -0.4 is 5.73 Å². The molecule has 20 heavy (non-hydrogen) atoms. The number of thiocarbonyl (C=S) groups is 1. The van der Waals surface area contributed by atoms with Crippen molar-refractivity contribution in [1.82, 2.24) is 4.98 Å². The molecule has 0 spiro atoms. The van der Waals surface area contributed by atoms with E-state index in [1.54, 1.807) is 0 Å². The van der Waals surface area contributed by atoms with Crippen LogP contribution >= 0.6 is 12.2 Å². The summed E-state index contributed by atoms with van der Waals surface area (Å²) in [6.07, 6.45) is 0. The molecule has 4 N–H and O–H groups in total. The topological polar surface area (TPSA) is 62.0 Å². The van der Waals surface area contributed by atoms with E-state index in [9.17, 15) is 5.11 Å². The quantitative estimate of drug-likeness (QED) is 0.647. The third-order valence-electron chi connectivity index (χ3n) is 3.35. The molecule has 0 fully saturated rings. The number of hydrogen-bond acceptors (Lipinski definition) is 2. The summed E-state index contributed by atoms with van der Waals surface area (Å²) >= 11 is 5.03. The first kappa shape index (κ1) is 12.8. The van der Waals surface area contributed by atoms with E-state index in [1.165, 1.54) is 0 Å². The minimum absolute atomic E-state index is 0.00104. The summed E-state index contributed by atoms with van der Waals surface area (Å²) in [6.45, 7) is 0.00104. The first-order valence-electron chi connectivity index (χ1n) is 6.31. The Morgan fingerprint density at radius 2 is 1.95 bits per heavy atom. The summed E-state index contributed by atoms with van der Waals surface area (Å²) < 4.78 is 0. The minimum atomic E-state index is 0.00104. The third kappa shape index (κ3) is 2.19. The van der Waals surface area contributed by atoms with E-state index in [1.807, 2.05) is 42.5 Å². The van der Waals surface area contributed by atoms with Crippen LogP contribution in [0.2, 0.25) is 0 Å². The van der Waals surface area contributed by atoms with E-state index in [0.29, 0.717) is 4.99 Å². The number of aliphatic hydroxyl groups is 1. The second-order valence-corrected chi connectivity index (χ2v) is 5.10. The number of H-pyrrole nitrogens is 1. The van der Waals surface area contributed by atoms with Gasteiger partial charge in [-0.3, -0.25) is 0 Å². The van der Waals surface area contributed by atoms with Crippen LogP contribution in [0, 0.1) is 0 Å². The lowest BCUT2D eigenvalue weighted by molar-refractivity contribution is 0.278. The van der Waals surface area contributed by atoms with Crippen molar-refractivity contribution in [1.29, 1.82) is 0 Å². The molecule has 1 aromatic heterocycles. The Bertz CT molecular complexity index is 792. The highest BCUT2D eigenvalue weighted by molar-refractivity contribution is 7.80. The first-order valence-corrected chi connectivity index (χ1v) is 6.71. The van der Waals surface area contributed by atoms with Gasteiger partial charge in [-0.05, 0) is 29.3 Å². The Balaban J connectivity index is 2.21. The number of aromatic nitrogens is 1. The molecule has 3 aromatic rings. The second kappa shape index (κ2) is 5.07. The highest BCUT2D eigenvalue weighted by Crippen LogP contribution is 2.29. The monoisotopic (exact) mass is 282 g/mol. The Labute approximate surface area is 122 Å². The Morgan fingerprint density at radius 3 is 2.70 bits per heavy atom. The van der Waals surface area contributed by atoms with Gasteiger partial charge in [-0.2, -0.15) is 0 Å². The predicted molar refractivity (Wildman–Crippen MR) is 85.5 cm³/mol. The van der Waals surface area contributed by atoms with Gasteiger partial charge in [-0.25, -0.2) is 0 Å². The van der Waals surface area contributed by atoms with Crippen LogP contribution in [-0.4, -0.2) is 15.1 Å². The van der Waals surface area contributed by atoms with Gasteiger partial charge in [0, 0.05) is 22.2 Å². The van der Waals surface area contributed by atoms with Crippen molar-refractivity contribution < 1.29 is 5.11 Å². The van der Waals surface area contributed by atoms with E-state index >= 15 is 0 Å². The van der Waals surface area contributed by atoms with Crippen molar-refractivity contribution in [3.63, 3.8) is 0 Å². The van der Waals surface area contributed by atoms with Crippen LogP contribution in [0.25, 0.3) is 22.0 Å². The van der Waals surface area contributed by atoms with Gasteiger partial charge in [0.15, 0.2) is 0 Å². The van der Waals surface area contributed by atoms with Crippen LogP contribution in [0.3, 0.4) is 0 Å². The fourth-order valence-corrected chi connectivity index (χ4v) is 2.52. The molecule has 100 valence electrons. The standard InChI is InChI=1S/C16H14N2OS/c17-16(20)11-4-1-3-10(7-11)13-5-2-6-15-14(13)8-12(9-19)18-15/h1-8,18-19H,9H2,(H2,17,20). The number of nitrogens with one attached hydrogen (secondary N) is 1. The highest BCUT2D eigenvalue weighted by atomic mass is 32.1.